The zero-order valence-corrected chi connectivity index (χ0v) is 14.6. The molecule has 1 aliphatic rings. The highest BCUT2D eigenvalue weighted by molar-refractivity contribution is 6.04. The van der Waals surface area contributed by atoms with Crippen LogP contribution in [0.3, 0.4) is 0 Å². The molecule has 0 aromatic heterocycles. The molecule has 1 N–H and O–H groups in total. The molecule has 1 aliphatic heterocycles. The van der Waals surface area contributed by atoms with Gasteiger partial charge in [-0.1, -0.05) is 66.7 Å². The molecule has 0 aliphatic carbocycles. The van der Waals surface area contributed by atoms with E-state index in [-0.39, 0.29) is 11.9 Å². The van der Waals surface area contributed by atoms with Crippen molar-refractivity contribution in [3.63, 3.8) is 0 Å². The number of anilines is 1. The van der Waals surface area contributed by atoms with Crippen molar-refractivity contribution in [1.82, 2.24) is 4.90 Å². The van der Waals surface area contributed by atoms with Crippen LogP contribution in [-0.4, -0.2) is 37.1 Å². The second-order valence-electron chi connectivity index (χ2n) is 6.48. The summed E-state index contributed by atoms with van der Waals surface area (Å²) < 4.78 is 5.47. The number of hydrogen-bond donors (Lipinski definition) is 1. The fourth-order valence-electron chi connectivity index (χ4n) is 3.53. The van der Waals surface area contributed by atoms with Crippen molar-refractivity contribution in [2.45, 2.75) is 6.04 Å². The Kier molecular flexibility index (Phi) is 4.95. The quantitative estimate of drug-likeness (QED) is 0.780. The number of nitrogens with zero attached hydrogens (tertiary/aromatic N) is 1. The Bertz CT molecular complexity index is 884. The number of carbonyl (C=O) groups is 1. The average Bonchev–Trinajstić information content (AvgIpc) is 2.70. The summed E-state index contributed by atoms with van der Waals surface area (Å²) >= 11 is 0. The van der Waals surface area contributed by atoms with Gasteiger partial charge in [-0.15, -0.1) is 0 Å². The van der Waals surface area contributed by atoms with Crippen LogP contribution < -0.4 is 5.32 Å². The molecule has 1 atom stereocenters. The first kappa shape index (κ1) is 16.8. The van der Waals surface area contributed by atoms with Crippen molar-refractivity contribution >= 4 is 22.4 Å². The van der Waals surface area contributed by atoms with Gasteiger partial charge in [0.25, 0.3) is 0 Å². The Morgan fingerprint density at radius 3 is 2.38 bits per heavy atom. The summed E-state index contributed by atoms with van der Waals surface area (Å²) in [7, 11) is 0. The van der Waals surface area contributed by atoms with E-state index in [1.54, 1.807) is 0 Å². The van der Waals surface area contributed by atoms with E-state index in [9.17, 15) is 4.79 Å². The SMILES string of the molecule is O=C(Nc1cccc2ccccc12)[C@H](c1ccccc1)N1CCOCC1. The van der Waals surface area contributed by atoms with Crippen LogP contribution in [0.5, 0.6) is 0 Å². The van der Waals surface area contributed by atoms with Gasteiger partial charge in [0, 0.05) is 24.2 Å². The van der Waals surface area contributed by atoms with Gasteiger partial charge >= 0.3 is 0 Å². The van der Waals surface area contributed by atoms with Crippen LogP contribution in [-0.2, 0) is 9.53 Å². The molecule has 3 aromatic rings. The van der Waals surface area contributed by atoms with Gasteiger partial charge in [-0.2, -0.15) is 0 Å². The maximum absolute atomic E-state index is 13.3. The highest BCUT2D eigenvalue weighted by Gasteiger charge is 2.29. The zero-order valence-electron chi connectivity index (χ0n) is 14.6. The minimum Gasteiger partial charge on any atom is -0.379 e. The van der Waals surface area contributed by atoms with E-state index in [0.29, 0.717) is 13.2 Å². The van der Waals surface area contributed by atoms with E-state index in [0.717, 1.165) is 35.1 Å². The number of morpholine rings is 1. The molecule has 4 rings (SSSR count). The summed E-state index contributed by atoms with van der Waals surface area (Å²) in [6.07, 6.45) is 0. The predicted octanol–water partition coefficient (Wildman–Crippen LogP) is 3.85. The van der Waals surface area contributed by atoms with Gasteiger partial charge in [0.1, 0.15) is 6.04 Å². The maximum atomic E-state index is 13.3. The van der Waals surface area contributed by atoms with Crippen molar-refractivity contribution in [2.24, 2.45) is 0 Å². The molecule has 1 saturated heterocycles. The standard InChI is InChI=1S/C22H22N2O2/c25-22(23-20-12-6-10-17-7-4-5-11-19(17)20)21(18-8-2-1-3-9-18)24-13-15-26-16-14-24/h1-12,21H,13-16H2,(H,23,25)/t21-/m0/s1. The number of fused-ring (bicyclic) bond motifs is 1. The summed E-state index contributed by atoms with van der Waals surface area (Å²) in [5.74, 6) is -0.00514. The van der Waals surface area contributed by atoms with Crippen molar-refractivity contribution in [3.8, 4) is 0 Å². The van der Waals surface area contributed by atoms with Gasteiger partial charge in [-0.3, -0.25) is 9.69 Å². The molecule has 1 fully saturated rings. The Labute approximate surface area is 153 Å². The molecule has 0 radical (unpaired) electrons. The van der Waals surface area contributed by atoms with Crippen LogP contribution in [0.1, 0.15) is 11.6 Å². The van der Waals surface area contributed by atoms with Crippen molar-refractivity contribution in [1.29, 1.82) is 0 Å². The number of rotatable bonds is 4. The summed E-state index contributed by atoms with van der Waals surface area (Å²) in [6.45, 7) is 2.82. The topological polar surface area (TPSA) is 41.6 Å². The molecule has 0 unspecified atom stereocenters. The van der Waals surface area contributed by atoms with E-state index < -0.39 is 0 Å². The Balaban J connectivity index is 1.65. The molecular weight excluding hydrogens is 324 g/mol. The predicted molar refractivity (Wildman–Crippen MR) is 104 cm³/mol. The molecular formula is C22H22N2O2. The van der Waals surface area contributed by atoms with Crippen LogP contribution in [0, 0.1) is 0 Å². The van der Waals surface area contributed by atoms with Crippen LogP contribution in [0.2, 0.25) is 0 Å². The summed E-state index contributed by atoms with van der Waals surface area (Å²) in [5, 5.41) is 5.33. The first-order chi connectivity index (χ1) is 12.8. The lowest BCUT2D eigenvalue weighted by Gasteiger charge is -2.33. The van der Waals surface area contributed by atoms with E-state index in [1.165, 1.54) is 0 Å². The number of ether oxygens (including phenoxy) is 1. The summed E-state index contributed by atoms with van der Waals surface area (Å²) in [5.41, 5.74) is 1.86. The second-order valence-corrected chi connectivity index (χ2v) is 6.48. The fourth-order valence-corrected chi connectivity index (χ4v) is 3.53. The highest BCUT2D eigenvalue weighted by Crippen LogP contribution is 2.27. The van der Waals surface area contributed by atoms with Crippen LogP contribution in [0.25, 0.3) is 10.8 Å². The molecule has 3 aromatic carbocycles. The third kappa shape index (κ3) is 3.47. The minimum absolute atomic E-state index is 0.00514. The summed E-state index contributed by atoms with van der Waals surface area (Å²) in [4.78, 5) is 15.5. The molecule has 4 heteroatoms. The van der Waals surface area contributed by atoms with E-state index in [4.69, 9.17) is 4.74 Å². The fraction of sp³-hybridized carbons (Fsp3) is 0.227. The largest absolute Gasteiger partial charge is 0.379 e. The molecule has 1 heterocycles. The molecule has 4 nitrogen and oxygen atoms in total. The maximum Gasteiger partial charge on any atom is 0.246 e. The van der Waals surface area contributed by atoms with E-state index in [2.05, 4.69) is 22.3 Å². The third-order valence-electron chi connectivity index (χ3n) is 4.82. The van der Waals surface area contributed by atoms with Crippen molar-refractivity contribution in [3.05, 3.63) is 78.4 Å². The minimum atomic E-state index is -0.320. The van der Waals surface area contributed by atoms with Gasteiger partial charge in [0.05, 0.1) is 13.2 Å². The van der Waals surface area contributed by atoms with Crippen LogP contribution >= 0.6 is 0 Å². The summed E-state index contributed by atoms with van der Waals surface area (Å²) in [6, 6.07) is 23.7. The molecule has 0 saturated carbocycles. The molecule has 132 valence electrons. The van der Waals surface area contributed by atoms with Gasteiger partial charge < -0.3 is 10.1 Å². The molecule has 0 bridgehead atoms. The smallest absolute Gasteiger partial charge is 0.246 e. The van der Waals surface area contributed by atoms with Gasteiger partial charge in [-0.25, -0.2) is 0 Å². The number of amides is 1. The third-order valence-corrected chi connectivity index (χ3v) is 4.82. The van der Waals surface area contributed by atoms with Crippen molar-refractivity contribution < 1.29 is 9.53 Å². The first-order valence-electron chi connectivity index (χ1n) is 8.98. The Hall–Kier alpha value is -2.69. The number of hydrogen-bond acceptors (Lipinski definition) is 3. The lowest BCUT2D eigenvalue weighted by atomic mass is 10.0. The van der Waals surface area contributed by atoms with E-state index in [1.807, 2.05) is 60.7 Å². The number of benzene rings is 3. The van der Waals surface area contributed by atoms with E-state index >= 15 is 0 Å². The lowest BCUT2D eigenvalue weighted by Crippen LogP contribution is -2.43. The first-order valence-corrected chi connectivity index (χ1v) is 8.98. The lowest BCUT2D eigenvalue weighted by molar-refractivity contribution is -0.123. The monoisotopic (exact) mass is 346 g/mol. The Morgan fingerprint density at radius 1 is 0.885 bits per heavy atom. The Morgan fingerprint density at radius 2 is 1.58 bits per heavy atom. The highest BCUT2D eigenvalue weighted by atomic mass is 16.5. The average molecular weight is 346 g/mol. The molecule has 1 amide bonds. The molecule has 26 heavy (non-hydrogen) atoms. The number of nitrogens with one attached hydrogen (secondary N) is 1. The van der Waals surface area contributed by atoms with Gasteiger partial charge in [0.15, 0.2) is 0 Å². The second kappa shape index (κ2) is 7.68. The van der Waals surface area contributed by atoms with Crippen LogP contribution in [0.15, 0.2) is 72.8 Å². The van der Waals surface area contributed by atoms with Gasteiger partial charge in [0.2, 0.25) is 5.91 Å². The van der Waals surface area contributed by atoms with Gasteiger partial charge in [-0.05, 0) is 17.0 Å². The zero-order chi connectivity index (χ0) is 17.8. The van der Waals surface area contributed by atoms with Crippen molar-refractivity contribution in [2.75, 3.05) is 31.6 Å². The normalized spacial score (nSPS) is 16.3. The molecule has 0 spiro atoms. The number of carbonyl (C=O) groups excluding carboxylic acids is 1. The van der Waals surface area contributed by atoms with Crippen LogP contribution in [0.4, 0.5) is 5.69 Å².